The standard InChI is InChI=1S/C29H32F2N4O/c30-17-21-14-19(6-11-24(21)31)15-27(36)35-29-26(12-7-18-4-2-1-3-5-18)33-28-23-10-9-22(32)16-20(23)8-13-25(28)34-29/h6,9-11,14,16,18H,1-5,7-8,12-13,15,17,32H2,(H,34,35,36). The fraction of sp³-hybridized carbons (Fsp3) is 0.414. The summed E-state index contributed by atoms with van der Waals surface area (Å²) >= 11 is 0. The van der Waals surface area contributed by atoms with Crippen molar-refractivity contribution in [1.29, 1.82) is 0 Å². The molecule has 0 atom stereocenters. The summed E-state index contributed by atoms with van der Waals surface area (Å²) in [4.78, 5) is 22.9. The van der Waals surface area contributed by atoms with Crippen LogP contribution in [0.4, 0.5) is 20.3 Å². The van der Waals surface area contributed by atoms with Gasteiger partial charge in [0.15, 0.2) is 5.82 Å². The highest BCUT2D eigenvalue weighted by Gasteiger charge is 2.23. The lowest BCUT2D eigenvalue weighted by molar-refractivity contribution is -0.115. The van der Waals surface area contributed by atoms with E-state index < -0.39 is 12.5 Å². The highest BCUT2D eigenvalue weighted by Crippen LogP contribution is 2.35. The molecule has 3 aromatic rings. The van der Waals surface area contributed by atoms with Crippen molar-refractivity contribution in [2.24, 2.45) is 5.92 Å². The maximum atomic E-state index is 13.7. The molecule has 0 radical (unpaired) electrons. The Morgan fingerprint density at radius 1 is 1.06 bits per heavy atom. The lowest BCUT2D eigenvalue weighted by Gasteiger charge is -2.23. The molecule has 36 heavy (non-hydrogen) atoms. The minimum atomic E-state index is -0.907. The van der Waals surface area contributed by atoms with Crippen molar-refractivity contribution in [1.82, 2.24) is 9.97 Å². The Hall–Kier alpha value is -3.35. The maximum absolute atomic E-state index is 13.7. The first-order valence-corrected chi connectivity index (χ1v) is 12.9. The minimum absolute atomic E-state index is 0.0101. The number of amides is 1. The molecule has 1 fully saturated rings. The Kier molecular flexibility index (Phi) is 7.25. The van der Waals surface area contributed by atoms with Crippen molar-refractivity contribution in [3.63, 3.8) is 0 Å². The molecular formula is C29H32F2N4O. The normalized spacial score (nSPS) is 15.3. The predicted octanol–water partition coefficient (Wildman–Crippen LogP) is 6.13. The molecule has 2 aliphatic carbocycles. The van der Waals surface area contributed by atoms with Crippen LogP contribution in [-0.2, 0) is 37.2 Å². The van der Waals surface area contributed by atoms with Gasteiger partial charge in [0.05, 0.1) is 23.5 Å². The van der Waals surface area contributed by atoms with E-state index in [0.29, 0.717) is 17.3 Å². The maximum Gasteiger partial charge on any atom is 0.229 e. The summed E-state index contributed by atoms with van der Waals surface area (Å²) in [5, 5.41) is 2.96. The smallest absolute Gasteiger partial charge is 0.229 e. The van der Waals surface area contributed by atoms with Gasteiger partial charge < -0.3 is 11.1 Å². The topological polar surface area (TPSA) is 80.9 Å². The van der Waals surface area contributed by atoms with E-state index in [1.54, 1.807) is 0 Å². The number of halogens is 2. The van der Waals surface area contributed by atoms with E-state index in [-0.39, 0.29) is 17.9 Å². The number of nitrogen functional groups attached to an aromatic ring is 1. The van der Waals surface area contributed by atoms with Gasteiger partial charge in [-0.2, -0.15) is 0 Å². The van der Waals surface area contributed by atoms with Gasteiger partial charge in [0.1, 0.15) is 12.5 Å². The number of alkyl halides is 1. The fourth-order valence-electron chi connectivity index (χ4n) is 5.49. The van der Waals surface area contributed by atoms with E-state index in [2.05, 4.69) is 5.32 Å². The lowest BCUT2D eigenvalue weighted by Crippen LogP contribution is -2.20. The second-order valence-corrected chi connectivity index (χ2v) is 10.1. The average Bonchev–Trinajstić information content (AvgIpc) is 2.89. The first-order chi connectivity index (χ1) is 17.5. The third kappa shape index (κ3) is 5.40. The number of nitrogens with two attached hydrogens (primary N) is 1. The van der Waals surface area contributed by atoms with Crippen LogP contribution in [-0.4, -0.2) is 15.9 Å². The summed E-state index contributed by atoms with van der Waals surface area (Å²) in [6.45, 7) is -0.907. The van der Waals surface area contributed by atoms with E-state index in [9.17, 15) is 13.6 Å². The molecule has 188 valence electrons. The minimum Gasteiger partial charge on any atom is -0.399 e. The molecule has 1 heterocycles. The second kappa shape index (κ2) is 10.7. The monoisotopic (exact) mass is 490 g/mol. The first kappa shape index (κ1) is 24.3. The van der Waals surface area contributed by atoms with E-state index >= 15 is 0 Å². The van der Waals surface area contributed by atoms with Crippen LogP contribution in [0, 0.1) is 11.7 Å². The number of hydrogen-bond acceptors (Lipinski definition) is 4. The number of nitrogens with zero attached hydrogens (tertiary/aromatic N) is 2. The molecule has 0 spiro atoms. The van der Waals surface area contributed by atoms with Crippen LogP contribution in [0.25, 0.3) is 11.3 Å². The second-order valence-electron chi connectivity index (χ2n) is 10.1. The van der Waals surface area contributed by atoms with Crippen molar-refractivity contribution < 1.29 is 13.6 Å². The zero-order valence-electron chi connectivity index (χ0n) is 20.5. The van der Waals surface area contributed by atoms with E-state index in [4.69, 9.17) is 15.7 Å². The highest BCUT2D eigenvalue weighted by atomic mass is 19.1. The van der Waals surface area contributed by atoms with Crippen molar-refractivity contribution in [2.75, 3.05) is 11.1 Å². The van der Waals surface area contributed by atoms with Crippen LogP contribution in [0.5, 0.6) is 0 Å². The molecule has 0 aliphatic heterocycles. The number of carbonyl (C=O) groups is 1. The zero-order valence-corrected chi connectivity index (χ0v) is 20.5. The van der Waals surface area contributed by atoms with Crippen LogP contribution in [0.2, 0.25) is 0 Å². The van der Waals surface area contributed by atoms with Crippen LogP contribution < -0.4 is 11.1 Å². The number of aromatic nitrogens is 2. The number of carbonyl (C=O) groups excluding carboxylic acids is 1. The molecule has 2 aliphatic rings. The number of hydrogen-bond donors (Lipinski definition) is 2. The number of anilines is 2. The lowest BCUT2D eigenvalue weighted by atomic mass is 9.85. The number of rotatable bonds is 7. The van der Waals surface area contributed by atoms with Gasteiger partial charge in [-0.25, -0.2) is 18.7 Å². The Labute approximate surface area is 210 Å². The molecule has 1 saturated carbocycles. The van der Waals surface area contributed by atoms with Crippen LogP contribution in [0.15, 0.2) is 36.4 Å². The summed E-state index contributed by atoms with van der Waals surface area (Å²) in [5.74, 6) is 0.296. The Balaban J connectivity index is 1.41. The summed E-state index contributed by atoms with van der Waals surface area (Å²) in [6.07, 6.45) is 9.65. The summed E-state index contributed by atoms with van der Waals surface area (Å²) in [5.41, 5.74) is 12.0. The van der Waals surface area contributed by atoms with Gasteiger partial charge in [0.2, 0.25) is 5.91 Å². The molecule has 1 aromatic heterocycles. The third-order valence-corrected chi connectivity index (χ3v) is 7.45. The predicted molar refractivity (Wildman–Crippen MR) is 138 cm³/mol. The number of fused-ring (bicyclic) bond motifs is 3. The summed E-state index contributed by atoms with van der Waals surface area (Å²) in [6, 6.07) is 10.0. The molecule has 5 rings (SSSR count). The van der Waals surface area contributed by atoms with E-state index in [1.165, 1.54) is 55.9 Å². The summed E-state index contributed by atoms with van der Waals surface area (Å²) in [7, 11) is 0. The van der Waals surface area contributed by atoms with Gasteiger partial charge in [-0.1, -0.05) is 44.2 Å². The van der Waals surface area contributed by atoms with Crippen molar-refractivity contribution in [3.8, 4) is 11.3 Å². The molecule has 1 amide bonds. The molecule has 7 heteroatoms. The third-order valence-electron chi connectivity index (χ3n) is 7.45. The molecule has 0 bridgehead atoms. The fourth-order valence-corrected chi connectivity index (χ4v) is 5.49. The highest BCUT2D eigenvalue weighted by molar-refractivity contribution is 5.92. The van der Waals surface area contributed by atoms with Gasteiger partial charge >= 0.3 is 0 Å². The Morgan fingerprint density at radius 3 is 2.69 bits per heavy atom. The molecular weight excluding hydrogens is 458 g/mol. The molecule has 0 unspecified atom stereocenters. The van der Waals surface area contributed by atoms with Gasteiger partial charge in [-0.05, 0) is 67.0 Å². The number of aryl methyl sites for hydroxylation is 3. The zero-order chi connectivity index (χ0) is 25.1. The average molecular weight is 491 g/mol. The van der Waals surface area contributed by atoms with Gasteiger partial charge in [0.25, 0.3) is 0 Å². The van der Waals surface area contributed by atoms with Crippen LogP contribution in [0.3, 0.4) is 0 Å². The van der Waals surface area contributed by atoms with E-state index in [1.807, 2.05) is 18.2 Å². The first-order valence-electron chi connectivity index (χ1n) is 12.9. The van der Waals surface area contributed by atoms with Crippen molar-refractivity contribution >= 4 is 17.4 Å². The molecule has 0 saturated heterocycles. The molecule has 2 aromatic carbocycles. The van der Waals surface area contributed by atoms with Crippen molar-refractivity contribution in [3.05, 3.63) is 70.3 Å². The van der Waals surface area contributed by atoms with Gasteiger partial charge in [0, 0.05) is 16.8 Å². The Morgan fingerprint density at radius 2 is 1.89 bits per heavy atom. The van der Waals surface area contributed by atoms with Gasteiger partial charge in [-0.15, -0.1) is 0 Å². The Bertz CT molecular complexity index is 1270. The van der Waals surface area contributed by atoms with E-state index in [0.717, 1.165) is 54.0 Å². The largest absolute Gasteiger partial charge is 0.399 e. The van der Waals surface area contributed by atoms with Crippen LogP contribution in [0.1, 0.15) is 66.6 Å². The molecule has 5 nitrogen and oxygen atoms in total. The quantitative estimate of drug-likeness (QED) is 0.391. The van der Waals surface area contributed by atoms with Gasteiger partial charge in [-0.3, -0.25) is 4.79 Å². The molecule has 3 N–H and O–H groups in total. The summed E-state index contributed by atoms with van der Waals surface area (Å²) < 4.78 is 26.7. The number of nitrogens with one attached hydrogen (secondary N) is 1. The SMILES string of the molecule is Nc1ccc2c(c1)CCc1nc(NC(=O)Cc3ccc(F)c(CF)c3)c(CCC3CCCCC3)nc1-2. The van der Waals surface area contributed by atoms with Crippen molar-refractivity contribution in [2.45, 2.75) is 70.9 Å². The van der Waals surface area contributed by atoms with Crippen LogP contribution >= 0.6 is 0 Å². The number of benzene rings is 2.